The molecular weight excluding hydrogens is 198 g/mol. The quantitative estimate of drug-likeness (QED) is 0.532. The van der Waals surface area contributed by atoms with Gasteiger partial charge in [0.1, 0.15) is 11.5 Å². The normalized spacial score (nSPS) is 10.1. The minimum Gasteiger partial charge on any atom is -0.508 e. The predicted molar refractivity (Wildman–Crippen MR) is 59.3 cm³/mol. The molecule has 0 spiro atoms. The minimum absolute atomic E-state index is 0.0135. The Morgan fingerprint density at radius 2 is 2.14 bits per heavy atom. The number of thioether (sulfide) groups is 1. The SMILES string of the molecule is CCCSC(=N)c1ccc(O)cc1O. The molecule has 0 fully saturated rings. The zero-order chi connectivity index (χ0) is 10.6. The van der Waals surface area contributed by atoms with Crippen LogP contribution in [0.5, 0.6) is 11.5 Å². The van der Waals surface area contributed by atoms with Gasteiger partial charge in [-0.1, -0.05) is 6.92 Å². The summed E-state index contributed by atoms with van der Waals surface area (Å²) in [6, 6.07) is 4.27. The Morgan fingerprint density at radius 3 is 2.71 bits per heavy atom. The molecule has 0 atom stereocenters. The maximum absolute atomic E-state index is 9.45. The molecule has 0 aliphatic carbocycles. The van der Waals surface area contributed by atoms with Gasteiger partial charge in [0.05, 0.1) is 5.04 Å². The van der Waals surface area contributed by atoms with Crippen LogP contribution in [0.1, 0.15) is 18.9 Å². The number of hydrogen-bond acceptors (Lipinski definition) is 4. The summed E-state index contributed by atoms with van der Waals surface area (Å²) >= 11 is 1.39. The lowest BCUT2D eigenvalue weighted by Crippen LogP contribution is -1.94. The highest BCUT2D eigenvalue weighted by Crippen LogP contribution is 2.26. The number of aromatic hydroxyl groups is 2. The van der Waals surface area contributed by atoms with Crippen LogP contribution in [0.2, 0.25) is 0 Å². The monoisotopic (exact) mass is 211 g/mol. The first-order chi connectivity index (χ1) is 6.65. The van der Waals surface area contributed by atoms with E-state index in [-0.39, 0.29) is 11.5 Å². The van der Waals surface area contributed by atoms with Crippen molar-refractivity contribution in [2.24, 2.45) is 0 Å². The molecule has 1 aromatic rings. The number of rotatable bonds is 3. The fraction of sp³-hybridized carbons (Fsp3) is 0.300. The molecule has 3 N–H and O–H groups in total. The van der Waals surface area contributed by atoms with E-state index in [0.29, 0.717) is 10.6 Å². The molecule has 4 heteroatoms. The summed E-state index contributed by atoms with van der Waals surface area (Å²) in [4.78, 5) is 0. The van der Waals surface area contributed by atoms with Gasteiger partial charge in [-0.25, -0.2) is 0 Å². The third-order valence-corrected chi connectivity index (χ3v) is 2.80. The van der Waals surface area contributed by atoms with E-state index < -0.39 is 0 Å². The van der Waals surface area contributed by atoms with E-state index in [1.807, 2.05) is 6.92 Å². The maximum Gasteiger partial charge on any atom is 0.129 e. The molecule has 76 valence electrons. The van der Waals surface area contributed by atoms with Crippen LogP contribution in [0.25, 0.3) is 0 Å². The van der Waals surface area contributed by atoms with Crippen LogP contribution in [0.3, 0.4) is 0 Å². The third kappa shape index (κ3) is 2.67. The van der Waals surface area contributed by atoms with Gasteiger partial charge in [0.25, 0.3) is 0 Å². The van der Waals surface area contributed by atoms with Crippen molar-refractivity contribution in [3.63, 3.8) is 0 Å². The van der Waals surface area contributed by atoms with Crippen molar-refractivity contribution < 1.29 is 10.2 Å². The Bertz CT molecular complexity index is 339. The van der Waals surface area contributed by atoms with E-state index in [4.69, 9.17) is 10.5 Å². The number of phenolic OH excluding ortho intramolecular Hbond substituents is 2. The molecule has 0 bridgehead atoms. The highest BCUT2D eigenvalue weighted by molar-refractivity contribution is 8.14. The van der Waals surface area contributed by atoms with Crippen molar-refractivity contribution in [2.45, 2.75) is 13.3 Å². The lowest BCUT2D eigenvalue weighted by molar-refractivity contribution is 0.450. The van der Waals surface area contributed by atoms with Crippen molar-refractivity contribution in [3.8, 4) is 11.5 Å². The van der Waals surface area contributed by atoms with E-state index in [1.165, 1.54) is 23.9 Å². The van der Waals surface area contributed by atoms with Gasteiger partial charge in [-0.05, 0) is 24.3 Å². The summed E-state index contributed by atoms with van der Waals surface area (Å²) in [6.45, 7) is 2.04. The van der Waals surface area contributed by atoms with Crippen molar-refractivity contribution in [3.05, 3.63) is 23.8 Å². The van der Waals surface area contributed by atoms with Crippen LogP contribution in [0.15, 0.2) is 18.2 Å². The Labute approximate surface area is 87.3 Å². The fourth-order valence-electron chi connectivity index (χ4n) is 0.994. The average molecular weight is 211 g/mol. The summed E-state index contributed by atoms with van der Waals surface area (Å²) in [5.41, 5.74) is 0.473. The molecule has 0 saturated heterocycles. The molecule has 0 saturated carbocycles. The number of benzene rings is 1. The second-order valence-electron chi connectivity index (χ2n) is 2.88. The van der Waals surface area contributed by atoms with Gasteiger partial charge in [-0.15, -0.1) is 11.8 Å². The molecule has 1 aromatic carbocycles. The van der Waals surface area contributed by atoms with E-state index in [0.717, 1.165) is 12.2 Å². The molecule has 14 heavy (non-hydrogen) atoms. The first kappa shape index (κ1) is 10.9. The lowest BCUT2D eigenvalue weighted by atomic mass is 10.2. The Kier molecular flexibility index (Phi) is 3.83. The van der Waals surface area contributed by atoms with Crippen molar-refractivity contribution in [2.75, 3.05) is 5.75 Å². The van der Waals surface area contributed by atoms with Crippen LogP contribution in [-0.2, 0) is 0 Å². The van der Waals surface area contributed by atoms with Gasteiger partial charge in [-0.2, -0.15) is 0 Å². The van der Waals surface area contributed by atoms with Gasteiger partial charge >= 0.3 is 0 Å². The van der Waals surface area contributed by atoms with Crippen molar-refractivity contribution in [1.82, 2.24) is 0 Å². The summed E-state index contributed by atoms with van der Waals surface area (Å²) in [5, 5.41) is 26.5. The highest BCUT2D eigenvalue weighted by atomic mass is 32.2. The second-order valence-corrected chi connectivity index (χ2v) is 3.98. The second kappa shape index (κ2) is 4.91. The summed E-state index contributed by atoms with van der Waals surface area (Å²) < 4.78 is 0. The van der Waals surface area contributed by atoms with Crippen molar-refractivity contribution in [1.29, 1.82) is 5.41 Å². The molecular formula is C10H13NO2S. The topological polar surface area (TPSA) is 64.3 Å². The summed E-state index contributed by atoms with van der Waals surface area (Å²) in [7, 11) is 0. The van der Waals surface area contributed by atoms with Gasteiger partial charge in [0, 0.05) is 11.6 Å². The predicted octanol–water partition coefficient (Wildman–Crippen LogP) is 2.57. The average Bonchev–Trinajstić information content (AvgIpc) is 2.14. The molecule has 1 rings (SSSR count). The molecule has 0 aliphatic heterocycles. The number of hydrogen-bond donors (Lipinski definition) is 3. The van der Waals surface area contributed by atoms with Gasteiger partial charge < -0.3 is 10.2 Å². The fourth-order valence-corrected chi connectivity index (χ4v) is 1.73. The first-order valence-corrected chi connectivity index (χ1v) is 5.37. The molecule has 0 aliphatic rings. The van der Waals surface area contributed by atoms with Crippen LogP contribution < -0.4 is 0 Å². The molecule has 0 heterocycles. The Morgan fingerprint density at radius 1 is 1.43 bits per heavy atom. The van der Waals surface area contributed by atoms with Crippen LogP contribution in [0.4, 0.5) is 0 Å². The van der Waals surface area contributed by atoms with Gasteiger partial charge in [-0.3, -0.25) is 5.41 Å². The molecule has 0 amide bonds. The van der Waals surface area contributed by atoms with Crippen LogP contribution in [-0.4, -0.2) is 21.0 Å². The number of nitrogens with one attached hydrogen (secondary N) is 1. The lowest BCUT2D eigenvalue weighted by Gasteiger charge is -2.05. The summed E-state index contributed by atoms with van der Waals surface area (Å²) in [6.07, 6.45) is 0.992. The van der Waals surface area contributed by atoms with Crippen molar-refractivity contribution >= 4 is 16.8 Å². The Balaban J connectivity index is 2.80. The third-order valence-electron chi connectivity index (χ3n) is 1.68. The maximum atomic E-state index is 9.45. The zero-order valence-corrected chi connectivity index (χ0v) is 8.77. The molecule has 0 radical (unpaired) electrons. The first-order valence-electron chi connectivity index (χ1n) is 4.39. The van der Waals surface area contributed by atoms with Crippen LogP contribution in [0, 0.1) is 5.41 Å². The van der Waals surface area contributed by atoms with E-state index in [9.17, 15) is 5.11 Å². The molecule has 0 unspecified atom stereocenters. The largest absolute Gasteiger partial charge is 0.508 e. The molecule has 3 nitrogen and oxygen atoms in total. The smallest absolute Gasteiger partial charge is 0.129 e. The van der Waals surface area contributed by atoms with E-state index in [2.05, 4.69) is 0 Å². The minimum atomic E-state index is -0.0430. The highest BCUT2D eigenvalue weighted by Gasteiger charge is 2.07. The molecule has 0 aromatic heterocycles. The van der Waals surface area contributed by atoms with Gasteiger partial charge in [0.2, 0.25) is 0 Å². The number of phenols is 2. The van der Waals surface area contributed by atoms with Crippen LogP contribution >= 0.6 is 11.8 Å². The van der Waals surface area contributed by atoms with E-state index >= 15 is 0 Å². The zero-order valence-electron chi connectivity index (χ0n) is 7.95. The van der Waals surface area contributed by atoms with Gasteiger partial charge in [0.15, 0.2) is 0 Å². The van der Waals surface area contributed by atoms with E-state index in [1.54, 1.807) is 6.07 Å². The standard InChI is InChI=1S/C10H13NO2S/c1-2-5-14-10(11)8-4-3-7(12)6-9(8)13/h3-4,6,11-13H,2,5H2,1H3. The summed E-state index contributed by atoms with van der Waals surface area (Å²) in [5.74, 6) is 0.831. The Hall–Kier alpha value is -1.16.